The second-order valence-electron chi connectivity index (χ2n) is 3.31. The van der Waals surface area contributed by atoms with Crippen LogP contribution in [0.15, 0.2) is 36.9 Å². The summed E-state index contributed by atoms with van der Waals surface area (Å²) < 4.78 is 1.28. The Hall–Kier alpha value is -2.36. The minimum Gasteiger partial charge on any atom is -0.384 e. The third kappa shape index (κ3) is 1.24. The Kier molecular flexibility index (Phi) is 2.32. The van der Waals surface area contributed by atoms with Crippen LogP contribution in [0.25, 0.3) is 10.9 Å². The van der Waals surface area contributed by atoms with Gasteiger partial charge in [-0.15, -0.1) is 0 Å². The van der Waals surface area contributed by atoms with Crippen LogP contribution in [-0.4, -0.2) is 16.8 Å². The van der Waals surface area contributed by atoms with E-state index < -0.39 is 0 Å². The van der Waals surface area contributed by atoms with E-state index in [0.717, 1.165) is 6.08 Å². The van der Waals surface area contributed by atoms with Crippen molar-refractivity contribution in [2.45, 2.75) is 0 Å². The summed E-state index contributed by atoms with van der Waals surface area (Å²) in [5, 5.41) is 0.671. The highest BCUT2D eigenvalue weighted by atomic mass is 16.2. The second kappa shape index (κ2) is 3.66. The van der Waals surface area contributed by atoms with Crippen molar-refractivity contribution in [2.75, 3.05) is 5.73 Å². The van der Waals surface area contributed by atoms with Crippen LogP contribution < -0.4 is 5.73 Å². The highest BCUT2D eigenvalue weighted by Gasteiger charge is 2.16. The number of nitrogen functional groups attached to an aromatic ring is 1. The minimum absolute atomic E-state index is 0.154. The number of aldehydes is 1. The number of nitrogens with two attached hydrogens (primary N) is 1. The zero-order valence-corrected chi connectivity index (χ0v) is 8.51. The van der Waals surface area contributed by atoms with Crippen molar-refractivity contribution in [1.82, 2.24) is 4.57 Å². The molecule has 0 unspecified atom stereocenters. The minimum atomic E-state index is -0.346. The predicted molar refractivity (Wildman–Crippen MR) is 62.6 cm³/mol. The fourth-order valence-electron chi connectivity index (χ4n) is 1.74. The lowest BCUT2D eigenvalue weighted by atomic mass is 10.2. The molecule has 0 saturated heterocycles. The molecule has 0 aliphatic carbocycles. The Labute approximate surface area is 92.0 Å². The van der Waals surface area contributed by atoms with E-state index in [1.54, 1.807) is 24.3 Å². The molecule has 1 heterocycles. The molecule has 0 saturated carbocycles. The van der Waals surface area contributed by atoms with Gasteiger partial charge in [0.25, 0.3) is 5.91 Å². The Morgan fingerprint density at radius 1 is 1.38 bits per heavy atom. The van der Waals surface area contributed by atoms with E-state index in [0.29, 0.717) is 22.8 Å². The van der Waals surface area contributed by atoms with Gasteiger partial charge in [-0.25, -0.2) is 0 Å². The molecular formula is C12H10N2O2. The molecule has 2 rings (SSSR count). The number of anilines is 1. The highest BCUT2D eigenvalue weighted by Crippen LogP contribution is 2.26. The molecule has 0 atom stereocenters. The van der Waals surface area contributed by atoms with Crippen molar-refractivity contribution < 1.29 is 9.59 Å². The third-order valence-electron chi connectivity index (χ3n) is 2.46. The van der Waals surface area contributed by atoms with Gasteiger partial charge in [-0.3, -0.25) is 14.2 Å². The van der Waals surface area contributed by atoms with Gasteiger partial charge >= 0.3 is 0 Å². The number of aromatic nitrogens is 1. The molecule has 0 amide bonds. The van der Waals surface area contributed by atoms with Crippen molar-refractivity contribution in [1.29, 1.82) is 0 Å². The smallest absolute Gasteiger partial charge is 0.256 e. The van der Waals surface area contributed by atoms with E-state index in [9.17, 15) is 9.59 Å². The molecule has 0 aliphatic rings. The zero-order valence-electron chi connectivity index (χ0n) is 8.51. The number of nitrogens with zero attached hydrogens (tertiary/aromatic N) is 1. The van der Waals surface area contributed by atoms with Gasteiger partial charge in [-0.2, -0.15) is 0 Å². The molecule has 0 radical (unpaired) electrons. The topological polar surface area (TPSA) is 65.1 Å². The fourth-order valence-corrected chi connectivity index (χ4v) is 1.74. The summed E-state index contributed by atoms with van der Waals surface area (Å²) in [4.78, 5) is 22.6. The van der Waals surface area contributed by atoms with Gasteiger partial charge in [-0.05, 0) is 12.1 Å². The Bertz CT molecular complexity index is 596. The maximum Gasteiger partial charge on any atom is 0.256 e. The Morgan fingerprint density at radius 3 is 2.69 bits per heavy atom. The van der Waals surface area contributed by atoms with Crippen LogP contribution in [0, 0.1) is 0 Å². The SMILES string of the molecule is C=CC(=O)n1c(N)c(C=O)c2ccccc21. The first-order chi connectivity index (χ1) is 7.70. The number of benzene rings is 1. The molecule has 2 N–H and O–H groups in total. The number of hydrogen-bond donors (Lipinski definition) is 1. The molecule has 2 aromatic rings. The lowest BCUT2D eigenvalue weighted by Crippen LogP contribution is -2.10. The highest BCUT2D eigenvalue weighted by molar-refractivity contribution is 6.10. The predicted octanol–water partition coefficient (Wildman–Crippen LogP) is 1.86. The molecule has 4 heteroatoms. The number of carbonyl (C=O) groups excluding carboxylic acids is 2. The third-order valence-corrected chi connectivity index (χ3v) is 2.46. The van der Waals surface area contributed by atoms with Gasteiger partial charge in [0, 0.05) is 5.39 Å². The molecule has 1 aromatic heterocycles. The molecule has 0 fully saturated rings. The quantitative estimate of drug-likeness (QED) is 0.613. The van der Waals surface area contributed by atoms with Gasteiger partial charge in [0.05, 0.1) is 11.1 Å². The van der Waals surface area contributed by atoms with Gasteiger partial charge in [0.15, 0.2) is 6.29 Å². The van der Waals surface area contributed by atoms with E-state index >= 15 is 0 Å². The second-order valence-corrected chi connectivity index (χ2v) is 3.31. The number of fused-ring (bicyclic) bond motifs is 1. The monoisotopic (exact) mass is 214 g/mol. The van der Waals surface area contributed by atoms with Crippen LogP contribution in [0.2, 0.25) is 0 Å². The maximum absolute atomic E-state index is 11.6. The van der Waals surface area contributed by atoms with Crippen molar-refractivity contribution in [3.63, 3.8) is 0 Å². The summed E-state index contributed by atoms with van der Waals surface area (Å²) in [6, 6.07) is 7.06. The van der Waals surface area contributed by atoms with E-state index in [1.165, 1.54) is 4.57 Å². The molecule has 1 aromatic carbocycles. The Balaban J connectivity index is 2.92. The van der Waals surface area contributed by atoms with Crippen LogP contribution in [0.5, 0.6) is 0 Å². The number of hydrogen-bond acceptors (Lipinski definition) is 3. The maximum atomic E-state index is 11.6. The number of allylic oxidation sites excluding steroid dienone is 1. The number of para-hydroxylation sites is 1. The molecule has 0 aliphatic heterocycles. The molecule has 0 bridgehead atoms. The van der Waals surface area contributed by atoms with E-state index in [1.807, 2.05) is 0 Å². The fraction of sp³-hybridized carbons (Fsp3) is 0. The van der Waals surface area contributed by atoms with Crippen LogP contribution >= 0.6 is 0 Å². The summed E-state index contributed by atoms with van der Waals surface area (Å²) in [5.41, 5.74) is 6.72. The van der Waals surface area contributed by atoms with Crippen molar-refractivity contribution in [3.8, 4) is 0 Å². The van der Waals surface area contributed by atoms with Crippen molar-refractivity contribution in [3.05, 3.63) is 42.5 Å². The van der Waals surface area contributed by atoms with E-state index in [-0.39, 0.29) is 11.7 Å². The summed E-state index contributed by atoms with van der Waals surface area (Å²) in [6.45, 7) is 3.41. The zero-order chi connectivity index (χ0) is 11.7. The molecular weight excluding hydrogens is 204 g/mol. The number of carbonyl (C=O) groups is 2. The normalized spacial score (nSPS) is 10.2. The van der Waals surface area contributed by atoms with Crippen LogP contribution in [-0.2, 0) is 0 Å². The van der Waals surface area contributed by atoms with Gasteiger partial charge in [0.1, 0.15) is 5.82 Å². The first-order valence-electron chi connectivity index (χ1n) is 4.71. The van der Waals surface area contributed by atoms with Crippen LogP contribution in [0.4, 0.5) is 5.82 Å². The number of rotatable bonds is 2. The van der Waals surface area contributed by atoms with Crippen LogP contribution in [0.1, 0.15) is 15.2 Å². The van der Waals surface area contributed by atoms with Crippen LogP contribution in [0.3, 0.4) is 0 Å². The summed E-state index contributed by atoms with van der Waals surface area (Å²) in [6.07, 6.45) is 1.82. The molecule has 16 heavy (non-hydrogen) atoms. The van der Waals surface area contributed by atoms with Crippen molar-refractivity contribution >= 4 is 28.9 Å². The van der Waals surface area contributed by atoms with E-state index in [2.05, 4.69) is 6.58 Å². The summed E-state index contributed by atoms with van der Waals surface area (Å²) in [7, 11) is 0. The standard InChI is InChI=1S/C12H10N2O2/c1-2-11(16)14-10-6-4-3-5-8(10)9(7-15)12(14)13/h2-7H,1,13H2. The average Bonchev–Trinajstić information content (AvgIpc) is 2.60. The summed E-state index contributed by atoms with van der Waals surface area (Å²) >= 11 is 0. The van der Waals surface area contributed by atoms with Gasteiger partial charge < -0.3 is 5.73 Å². The van der Waals surface area contributed by atoms with Crippen molar-refractivity contribution in [2.24, 2.45) is 0 Å². The lowest BCUT2D eigenvalue weighted by molar-refractivity contribution is 0.0976. The Morgan fingerprint density at radius 2 is 2.06 bits per heavy atom. The van der Waals surface area contributed by atoms with Gasteiger partial charge in [0.2, 0.25) is 0 Å². The molecule has 4 nitrogen and oxygen atoms in total. The first-order valence-corrected chi connectivity index (χ1v) is 4.71. The first kappa shape index (κ1) is 10.2. The molecule has 80 valence electrons. The van der Waals surface area contributed by atoms with Gasteiger partial charge in [-0.1, -0.05) is 24.8 Å². The lowest BCUT2D eigenvalue weighted by Gasteiger charge is -2.01. The molecule has 0 spiro atoms. The van der Waals surface area contributed by atoms with E-state index in [4.69, 9.17) is 5.73 Å². The average molecular weight is 214 g/mol. The largest absolute Gasteiger partial charge is 0.384 e. The summed E-state index contributed by atoms with van der Waals surface area (Å²) in [5.74, 6) is -0.192.